The molecule has 0 saturated heterocycles. The zero-order valence-corrected chi connectivity index (χ0v) is 18.8. The first-order chi connectivity index (χ1) is 16.0. The molecule has 0 atom stereocenters. The fourth-order valence-corrected chi connectivity index (χ4v) is 4.96. The molecule has 0 amide bonds. The molecule has 1 aromatic rings. The summed E-state index contributed by atoms with van der Waals surface area (Å²) in [5, 5.41) is 17.2. The van der Waals surface area contributed by atoms with Crippen LogP contribution in [-0.4, -0.2) is 12.1 Å². The Hall–Kier alpha value is -2.99. The molecule has 2 fully saturated rings. The third-order valence-corrected chi connectivity index (χ3v) is 6.95. The molecular formula is C27H30F2N2O2. The van der Waals surface area contributed by atoms with E-state index in [1.807, 2.05) is 18.2 Å². The maximum absolute atomic E-state index is 13.9. The highest BCUT2D eigenvalue weighted by molar-refractivity contribution is 5.72. The molecule has 4 nitrogen and oxygen atoms in total. The maximum Gasteiger partial charge on any atom is 0.309 e. The van der Waals surface area contributed by atoms with E-state index in [4.69, 9.17) is 15.3 Å². The molecule has 0 bridgehead atoms. The van der Waals surface area contributed by atoms with E-state index in [-0.39, 0.29) is 29.5 Å². The number of esters is 1. The topological polar surface area (TPSA) is 73.9 Å². The van der Waals surface area contributed by atoms with Gasteiger partial charge in [0.2, 0.25) is 0 Å². The van der Waals surface area contributed by atoms with Crippen molar-refractivity contribution in [2.24, 2.45) is 11.8 Å². The minimum Gasteiger partial charge on any atom is -0.462 e. The van der Waals surface area contributed by atoms with Gasteiger partial charge >= 0.3 is 5.97 Å². The summed E-state index contributed by atoms with van der Waals surface area (Å²) >= 11 is 0. The van der Waals surface area contributed by atoms with Crippen LogP contribution in [0.3, 0.4) is 0 Å². The first kappa shape index (κ1) is 24.6. The number of ether oxygens (including phenoxy) is 1. The monoisotopic (exact) mass is 452 g/mol. The summed E-state index contributed by atoms with van der Waals surface area (Å²) in [6.45, 7) is 0. The summed E-state index contributed by atoms with van der Waals surface area (Å²) in [5.41, 5.74) is 0.961. The van der Waals surface area contributed by atoms with Crippen LogP contribution in [-0.2, 0) is 9.53 Å². The molecule has 0 aromatic heterocycles. The van der Waals surface area contributed by atoms with Gasteiger partial charge in [-0.25, -0.2) is 4.39 Å². The molecule has 2 aliphatic carbocycles. The van der Waals surface area contributed by atoms with Crippen LogP contribution in [0.25, 0.3) is 0 Å². The molecule has 0 heterocycles. The maximum atomic E-state index is 13.9. The van der Waals surface area contributed by atoms with Crippen LogP contribution < -0.4 is 0 Å². The van der Waals surface area contributed by atoms with Gasteiger partial charge in [-0.2, -0.15) is 14.9 Å². The van der Waals surface area contributed by atoms with E-state index >= 15 is 0 Å². The van der Waals surface area contributed by atoms with Crippen molar-refractivity contribution < 1.29 is 18.3 Å². The molecule has 0 aliphatic heterocycles. The van der Waals surface area contributed by atoms with Crippen molar-refractivity contribution in [3.05, 3.63) is 59.2 Å². The number of nitrogens with zero attached hydrogens (tertiary/aromatic N) is 2. The number of carbonyl (C=O) groups is 1. The van der Waals surface area contributed by atoms with Crippen LogP contribution in [0, 0.1) is 40.3 Å². The molecule has 2 saturated carbocycles. The summed E-state index contributed by atoms with van der Waals surface area (Å²) in [4.78, 5) is 12.7. The highest BCUT2D eigenvalue weighted by atomic mass is 19.1. The molecule has 0 N–H and O–H groups in total. The number of hydrogen-bond donors (Lipinski definition) is 0. The van der Waals surface area contributed by atoms with E-state index in [1.54, 1.807) is 6.08 Å². The molecule has 6 heteroatoms. The Morgan fingerprint density at radius 3 is 2.45 bits per heavy atom. The van der Waals surface area contributed by atoms with Crippen molar-refractivity contribution in [1.29, 1.82) is 10.5 Å². The number of halogens is 2. The Morgan fingerprint density at radius 1 is 1.09 bits per heavy atom. The van der Waals surface area contributed by atoms with Crippen molar-refractivity contribution in [2.45, 2.75) is 76.2 Å². The van der Waals surface area contributed by atoms with Gasteiger partial charge in [-0.1, -0.05) is 18.2 Å². The van der Waals surface area contributed by atoms with Crippen LogP contribution in [0.5, 0.6) is 0 Å². The predicted octanol–water partition coefficient (Wildman–Crippen LogP) is 6.79. The lowest BCUT2D eigenvalue weighted by Gasteiger charge is -2.31. The lowest BCUT2D eigenvalue weighted by molar-refractivity contribution is -0.157. The Morgan fingerprint density at radius 2 is 1.82 bits per heavy atom. The quantitative estimate of drug-likeness (QED) is 0.259. The number of carbonyl (C=O) groups excluding carboxylic acids is 1. The van der Waals surface area contributed by atoms with Gasteiger partial charge in [0.25, 0.3) is 0 Å². The largest absolute Gasteiger partial charge is 0.462 e. The van der Waals surface area contributed by atoms with Gasteiger partial charge < -0.3 is 4.74 Å². The molecule has 0 radical (unpaired) electrons. The van der Waals surface area contributed by atoms with E-state index in [0.717, 1.165) is 69.8 Å². The summed E-state index contributed by atoms with van der Waals surface area (Å²) in [6, 6.07) is 8.10. The summed E-state index contributed by atoms with van der Waals surface area (Å²) in [7, 11) is 0. The first-order valence-corrected chi connectivity index (χ1v) is 11.8. The van der Waals surface area contributed by atoms with Crippen molar-refractivity contribution in [1.82, 2.24) is 0 Å². The van der Waals surface area contributed by atoms with E-state index in [9.17, 15) is 13.6 Å². The van der Waals surface area contributed by atoms with Crippen molar-refractivity contribution in [3.8, 4) is 12.1 Å². The first-order valence-electron chi connectivity index (χ1n) is 11.8. The number of benzene rings is 1. The lowest BCUT2D eigenvalue weighted by atomic mass is 9.78. The van der Waals surface area contributed by atoms with Crippen LogP contribution in [0.2, 0.25) is 0 Å². The normalized spacial score (nSPS) is 25.9. The SMILES string of the molecule is N#CC(F)=CC=CCCC1CCC(OC(=O)C2CCC(c3ccc(C#N)c(F)c3)CC2)CC1. The van der Waals surface area contributed by atoms with E-state index in [1.165, 1.54) is 24.3 Å². The number of hydrogen-bond acceptors (Lipinski definition) is 4. The fraction of sp³-hybridized carbons (Fsp3) is 0.519. The van der Waals surface area contributed by atoms with Gasteiger partial charge in [-0.05, 0) is 99.8 Å². The predicted molar refractivity (Wildman–Crippen MR) is 121 cm³/mol. The van der Waals surface area contributed by atoms with Gasteiger partial charge in [0.1, 0.15) is 24.1 Å². The van der Waals surface area contributed by atoms with Gasteiger partial charge in [0.05, 0.1) is 11.5 Å². The molecule has 1 aromatic carbocycles. The van der Waals surface area contributed by atoms with Crippen molar-refractivity contribution in [3.63, 3.8) is 0 Å². The van der Waals surface area contributed by atoms with Crippen molar-refractivity contribution >= 4 is 5.97 Å². The van der Waals surface area contributed by atoms with E-state index in [2.05, 4.69) is 0 Å². The second kappa shape index (κ2) is 12.3. The molecular weight excluding hydrogens is 422 g/mol. The van der Waals surface area contributed by atoms with Gasteiger partial charge in [0.15, 0.2) is 5.83 Å². The molecule has 0 unspecified atom stereocenters. The van der Waals surface area contributed by atoms with Crippen LogP contribution >= 0.6 is 0 Å². The van der Waals surface area contributed by atoms with E-state index < -0.39 is 11.6 Å². The zero-order chi connectivity index (χ0) is 23.6. The second-order valence-corrected chi connectivity index (χ2v) is 9.11. The highest BCUT2D eigenvalue weighted by Crippen LogP contribution is 2.37. The molecule has 174 valence electrons. The Bertz CT molecular complexity index is 957. The van der Waals surface area contributed by atoms with Crippen LogP contribution in [0.15, 0.2) is 42.3 Å². The Labute approximate surface area is 194 Å². The second-order valence-electron chi connectivity index (χ2n) is 9.11. The average molecular weight is 453 g/mol. The Kier molecular flexibility index (Phi) is 9.19. The van der Waals surface area contributed by atoms with Crippen molar-refractivity contribution in [2.75, 3.05) is 0 Å². The van der Waals surface area contributed by atoms with Gasteiger partial charge in [-0.3, -0.25) is 4.79 Å². The van der Waals surface area contributed by atoms with Crippen LogP contribution in [0.1, 0.15) is 81.3 Å². The number of rotatable bonds is 7. The molecule has 33 heavy (non-hydrogen) atoms. The average Bonchev–Trinajstić information content (AvgIpc) is 2.84. The number of allylic oxidation sites excluding steroid dienone is 4. The smallest absolute Gasteiger partial charge is 0.309 e. The van der Waals surface area contributed by atoms with Crippen LogP contribution in [0.4, 0.5) is 8.78 Å². The Balaban J connectivity index is 1.36. The van der Waals surface area contributed by atoms with E-state index in [0.29, 0.717) is 5.92 Å². The molecule has 0 spiro atoms. The van der Waals surface area contributed by atoms with Gasteiger partial charge in [-0.15, -0.1) is 0 Å². The molecule has 3 rings (SSSR count). The summed E-state index contributed by atoms with van der Waals surface area (Å²) in [6.07, 6.45) is 13.4. The zero-order valence-electron chi connectivity index (χ0n) is 18.8. The third-order valence-electron chi connectivity index (χ3n) is 6.95. The fourth-order valence-electron chi connectivity index (χ4n) is 4.96. The number of nitriles is 2. The lowest BCUT2D eigenvalue weighted by Crippen LogP contribution is -2.29. The summed E-state index contributed by atoms with van der Waals surface area (Å²) < 4.78 is 32.5. The minimum absolute atomic E-state index is 0.0118. The standard InChI is InChI=1S/C27H30F2N2O2/c28-24(18-31)5-3-1-2-4-19-6-14-25(15-7-19)33-27(32)21-10-8-20(9-11-21)22-12-13-23(17-30)26(29)16-22/h1,3,5,12-13,16,19-21,25H,2,4,6-11,14-15H2. The molecule has 2 aliphatic rings. The minimum atomic E-state index is -0.787. The van der Waals surface area contributed by atoms with Gasteiger partial charge in [0, 0.05) is 0 Å². The highest BCUT2D eigenvalue weighted by Gasteiger charge is 2.31. The summed E-state index contributed by atoms with van der Waals surface area (Å²) in [5.74, 6) is -0.658. The third kappa shape index (κ3) is 7.26.